The second-order valence-corrected chi connectivity index (χ2v) is 4.15. The predicted molar refractivity (Wildman–Crippen MR) is 64.3 cm³/mol. The molecule has 1 atom stereocenters. The van der Waals surface area contributed by atoms with Gasteiger partial charge in [-0.2, -0.15) is 0 Å². The fourth-order valence-corrected chi connectivity index (χ4v) is 1.97. The minimum absolute atomic E-state index is 0.192. The summed E-state index contributed by atoms with van der Waals surface area (Å²) in [6, 6.07) is 8.27. The molecule has 17 heavy (non-hydrogen) atoms. The molecule has 0 amide bonds. The SMILES string of the molecule is N[C@@H](CC(F)F)c1cc2ccccc2nc1Cl. The van der Waals surface area contributed by atoms with Gasteiger partial charge in [0.25, 0.3) is 0 Å². The van der Waals surface area contributed by atoms with Crippen molar-refractivity contribution in [1.29, 1.82) is 0 Å². The van der Waals surface area contributed by atoms with Crippen molar-refractivity contribution in [2.45, 2.75) is 18.9 Å². The Hall–Kier alpha value is -1.26. The van der Waals surface area contributed by atoms with Gasteiger partial charge >= 0.3 is 0 Å². The van der Waals surface area contributed by atoms with Gasteiger partial charge in [-0.3, -0.25) is 0 Å². The van der Waals surface area contributed by atoms with Gasteiger partial charge in [-0.05, 0) is 12.1 Å². The molecule has 0 radical (unpaired) electrons. The molecule has 0 saturated heterocycles. The number of nitrogens with zero attached hydrogens (tertiary/aromatic N) is 1. The maximum absolute atomic E-state index is 12.3. The minimum Gasteiger partial charge on any atom is -0.324 e. The number of nitrogens with two attached hydrogens (primary N) is 1. The molecule has 2 nitrogen and oxygen atoms in total. The summed E-state index contributed by atoms with van der Waals surface area (Å²) in [6.45, 7) is 0. The van der Waals surface area contributed by atoms with E-state index in [-0.39, 0.29) is 5.15 Å². The average molecular weight is 257 g/mol. The van der Waals surface area contributed by atoms with Crippen LogP contribution in [0.25, 0.3) is 10.9 Å². The Morgan fingerprint density at radius 3 is 2.71 bits per heavy atom. The van der Waals surface area contributed by atoms with Gasteiger partial charge in [0, 0.05) is 23.4 Å². The lowest BCUT2D eigenvalue weighted by atomic mass is 10.0. The third-order valence-corrected chi connectivity index (χ3v) is 2.84. The maximum atomic E-state index is 12.3. The topological polar surface area (TPSA) is 38.9 Å². The van der Waals surface area contributed by atoms with Gasteiger partial charge < -0.3 is 5.73 Å². The van der Waals surface area contributed by atoms with Gasteiger partial charge in [0.1, 0.15) is 5.15 Å². The number of halogens is 3. The quantitative estimate of drug-likeness (QED) is 0.853. The molecule has 0 saturated carbocycles. The Bertz CT molecular complexity index is 531. The molecule has 2 aromatic rings. The van der Waals surface area contributed by atoms with Crippen LogP contribution in [-0.4, -0.2) is 11.4 Å². The molecule has 0 fully saturated rings. The van der Waals surface area contributed by atoms with E-state index in [1.54, 1.807) is 6.07 Å². The van der Waals surface area contributed by atoms with Gasteiger partial charge in [0.15, 0.2) is 0 Å². The van der Waals surface area contributed by atoms with Crippen LogP contribution < -0.4 is 5.73 Å². The van der Waals surface area contributed by atoms with E-state index in [9.17, 15) is 8.78 Å². The number of para-hydroxylation sites is 1. The van der Waals surface area contributed by atoms with Gasteiger partial charge in [-0.15, -0.1) is 0 Å². The largest absolute Gasteiger partial charge is 0.324 e. The summed E-state index contributed by atoms with van der Waals surface area (Å²) < 4.78 is 24.5. The van der Waals surface area contributed by atoms with E-state index >= 15 is 0 Å². The Morgan fingerprint density at radius 2 is 2.00 bits per heavy atom. The van der Waals surface area contributed by atoms with Crippen LogP contribution in [0.1, 0.15) is 18.0 Å². The van der Waals surface area contributed by atoms with Crippen molar-refractivity contribution in [2.24, 2.45) is 5.73 Å². The molecule has 1 heterocycles. The normalized spacial score (nSPS) is 13.2. The van der Waals surface area contributed by atoms with Crippen LogP contribution in [0.15, 0.2) is 30.3 Å². The Morgan fingerprint density at radius 1 is 1.29 bits per heavy atom. The van der Waals surface area contributed by atoms with Crippen molar-refractivity contribution < 1.29 is 8.78 Å². The number of rotatable bonds is 3. The highest BCUT2D eigenvalue weighted by atomic mass is 35.5. The van der Waals surface area contributed by atoms with E-state index in [1.807, 2.05) is 24.3 Å². The van der Waals surface area contributed by atoms with E-state index in [1.165, 1.54) is 0 Å². The van der Waals surface area contributed by atoms with Crippen molar-refractivity contribution in [3.05, 3.63) is 41.0 Å². The summed E-state index contributed by atoms with van der Waals surface area (Å²) in [5, 5.41) is 1.04. The van der Waals surface area contributed by atoms with E-state index < -0.39 is 18.9 Å². The van der Waals surface area contributed by atoms with E-state index in [2.05, 4.69) is 4.98 Å². The van der Waals surface area contributed by atoms with Gasteiger partial charge in [0.05, 0.1) is 5.52 Å². The van der Waals surface area contributed by atoms with Crippen LogP contribution in [0.4, 0.5) is 8.78 Å². The van der Waals surface area contributed by atoms with Crippen LogP contribution in [-0.2, 0) is 0 Å². The van der Waals surface area contributed by atoms with Crippen molar-refractivity contribution in [3.63, 3.8) is 0 Å². The molecule has 1 aromatic heterocycles. The summed E-state index contributed by atoms with van der Waals surface area (Å²) in [6.07, 6.45) is -2.87. The summed E-state index contributed by atoms with van der Waals surface area (Å²) in [4.78, 5) is 4.14. The monoisotopic (exact) mass is 256 g/mol. The molecule has 1 aromatic carbocycles. The summed E-state index contributed by atoms with van der Waals surface area (Å²) in [5.41, 5.74) is 6.87. The lowest BCUT2D eigenvalue weighted by molar-refractivity contribution is 0.128. The first-order valence-electron chi connectivity index (χ1n) is 5.17. The zero-order valence-electron chi connectivity index (χ0n) is 8.91. The van der Waals surface area contributed by atoms with E-state index in [4.69, 9.17) is 17.3 Å². The number of aromatic nitrogens is 1. The molecule has 5 heteroatoms. The van der Waals surface area contributed by atoms with Gasteiger partial charge in [-0.1, -0.05) is 29.8 Å². The first kappa shape index (κ1) is 12.2. The Balaban J connectivity index is 2.43. The van der Waals surface area contributed by atoms with Gasteiger partial charge in [-0.25, -0.2) is 13.8 Å². The number of alkyl halides is 2. The van der Waals surface area contributed by atoms with E-state index in [0.29, 0.717) is 5.56 Å². The number of hydrogen-bond acceptors (Lipinski definition) is 2. The molecule has 0 unspecified atom stereocenters. The van der Waals surface area contributed by atoms with Crippen LogP contribution in [0.2, 0.25) is 5.15 Å². The fraction of sp³-hybridized carbons (Fsp3) is 0.250. The number of benzene rings is 1. The zero-order chi connectivity index (χ0) is 12.4. The fourth-order valence-electron chi connectivity index (χ4n) is 1.69. The zero-order valence-corrected chi connectivity index (χ0v) is 9.66. The molecule has 0 aliphatic rings. The highest BCUT2D eigenvalue weighted by Gasteiger charge is 2.17. The molecule has 2 rings (SSSR count). The molecule has 90 valence electrons. The van der Waals surface area contributed by atoms with Crippen molar-refractivity contribution in [3.8, 4) is 0 Å². The molecule has 0 aliphatic carbocycles. The first-order valence-corrected chi connectivity index (χ1v) is 5.54. The number of pyridine rings is 1. The summed E-state index contributed by atoms with van der Waals surface area (Å²) in [5.74, 6) is 0. The van der Waals surface area contributed by atoms with E-state index in [0.717, 1.165) is 10.9 Å². The number of fused-ring (bicyclic) bond motifs is 1. The second-order valence-electron chi connectivity index (χ2n) is 3.79. The Kier molecular flexibility index (Phi) is 3.54. The summed E-state index contributed by atoms with van der Waals surface area (Å²) in [7, 11) is 0. The Labute approximate surface area is 102 Å². The summed E-state index contributed by atoms with van der Waals surface area (Å²) >= 11 is 5.95. The van der Waals surface area contributed by atoms with Crippen LogP contribution in [0.5, 0.6) is 0 Å². The second kappa shape index (κ2) is 4.94. The highest BCUT2D eigenvalue weighted by Crippen LogP contribution is 2.27. The number of hydrogen-bond donors (Lipinski definition) is 1. The third-order valence-electron chi connectivity index (χ3n) is 2.54. The molecule has 2 N–H and O–H groups in total. The first-order chi connectivity index (χ1) is 8.08. The van der Waals surface area contributed by atoms with Crippen molar-refractivity contribution in [2.75, 3.05) is 0 Å². The highest BCUT2D eigenvalue weighted by molar-refractivity contribution is 6.30. The van der Waals surface area contributed by atoms with Crippen LogP contribution in [0.3, 0.4) is 0 Å². The predicted octanol–water partition coefficient (Wildman–Crippen LogP) is 3.54. The molecular weight excluding hydrogens is 246 g/mol. The minimum atomic E-state index is -2.45. The average Bonchev–Trinajstić information content (AvgIpc) is 2.27. The van der Waals surface area contributed by atoms with Crippen molar-refractivity contribution >= 4 is 22.5 Å². The molecule has 0 bridgehead atoms. The maximum Gasteiger partial charge on any atom is 0.240 e. The molecular formula is C12H11ClF2N2. The lowest BCUT2D eigenvalue weighted by Gasteiger charge is -2.13. The van der Waals surface area contributed by atoms with Gasteiger partial charge in [0.2, 0.25) is 6.43 Å². The standard InChI is InChI=1S/C12H11ClF2N2/c13-12-8(9(16)6-11(14)15)5-7-3-1-2-4-10(7)17-12/h1-5,9,11H,6,16H2/t9-/m0/s1. The molecule has 0 aliphatic heterocycles. The lowest BCUT2D eigenvalue weighted by Crippen LogP contribution is -2.15. The van der Waals surface area contributed by atoms with Crippen molar-refractivity contribution in [1.82, 2.24) is 4.98 Å². The molecule has 0 spiro atoms. The van der Waals surface area contributed by atoms with Crippen LogP contribution in [0, 0.1) is 0 Å². The third kappa shape index (κ3) is 2.70. The van der Waals surface area contributed by atoms with Crippen LogP contribution >= 0.6 is 11.6 Å². The smallest absolute Gasteiger partial charge is 0.240 e.